The molecular weight excluding hydrogens is 320 g/mol. The SMILES string of the molecule is O=C(Cn1cc(Br)ccc1=O)ON1C(=O)CCC1=O. The van der Waals surface area contributed by atoms with Crippen molar-refractivity contribution in [3.63, 3.8) is 0 Å². The van der Waals surface area contributed by atoms with Crippen LogP contribution >= 0.6 is 15.9 Å². The molecular formula is C11H9BrN2O5. The number of pyridine rings is 1. The van der Waals surface area contributed by atoms with E-state index in [9.17, 15) is 19.2 Å². The Labute approximate surface area is 115 Å². The van der Waals surface area contributed by atoms with Crippen LogP contribution in [0, 0.1) is 0 Å². The van der Waals surface area contributed by atoms with Crippen LogP contribution in [0.2, 0.25) is 0 Å². The summed E-state index contributed by atoms with van der Waals surface area (Å²) in [5.41, 5.74) is -0.390. The standard InChI is InChI=1S/C11H9BrN2O5/c12-7-1-2-8(15)13(5-7)6-11(18)19-14-9(16)3-4-10(14)17/h1-2,5H,3-4,6H2. The highest BCUT2D eigenvalue weighted by Crippen LogP contribution is 2.12. The van der Waals surface area contributed by atoms with Crippen molar-refractivity contribution in [3.8, 4) is 0 Å². The van der Waals surface area contributed by atoms with E-state index in [-0.39, 0.29) is 24.9 Å². The van der Waals surface area contributed by atoms with Crippen molar-refractivity contribution >= 4 is 33.7 Å². The first-order valence-corrected chi connectivity index (χ1v) is 6.19. The summed E-state index contributed by atoms with van der Waals surface area (Å²) in [7, 11) is 0. The summed E-state index contributed by atoms with van der Waals surface area (Å²) in [6, 6.07) is 2.82. The van der Waals surface area contributed by atoms with Crippen molar-refractivity contribution in [2.24, 2.45) is 0 Å². The molecule has 2 heterocycles. The second-order valence-electron chi connectivity index (χ2n) is 3.86. The van der Waals surface area contributed by atoms with E-state index in [2.05, 4.69) is 20.8 Å². The van der Waals surface area contributed by atoms with Crippen molar-refractivity contribution in [3.05, 3.63) is 33.2 Å². The molecule has 7 nitrogen and oxygen atoms in total. The van der Waals surface area contributed by atoms with Crippen molar-refractivity contribution < 1.29 is 19.2 Å². The molecule has 1 aromatic rings. The maximum Gasteiger partial charge on any atom is 0.352 e. The van der Waals surface area contributed by atoms with Gasteiger partial charge in [-0.2, -0.15) is 0 Å². The minimum Gasteiger partial charge on any atom is -0.328 e. The lowest BCUT2D eigenvalue weighted by Gasteiger charge is -2.13. The Morgan fingerprint density at radius 3 is 2.47 bits per heavy atom. The smallest absolute Gasteiger partial charge is 0.328 e. The van der Waals surface area contributed by atoms with Gasteiger partial charge in [-0.3, -0.25) is 14.4 Å². The molecule has 8 heteroatoms. The van der Waals surface area contributed by atoms with Gasteiger partial charge in [0.1, 0.15) is 6.54 Å². The van der Waals surface area contributed by atoms with E-state index in [4.69, 9.17) is 0 Å². The van der Waals surface area contributed by atoms with E-state index in [1.54, 1.807) is 0 Å². The minimum absolute atomic E-state index is 0.0307. The quantitative estimate of drug-likeness (QED) is 0.741. The molecule has 0 aromatic carbocycles. The Morgan fingerprint density at radius 2 is 1.84 bits per heavy atom. The number of hydrogen-bond acceptors (Lipinski definition) is 5. The first kappa shape index (κ1) is 13.5. The lowest BCUT2D eigenvalue weighted by atomic mass is 10.4. The van der Waals surface area contributed by atoms with Crippen molar-refractivity contribution in [1.29, 1.82) is 0 Å². The number of hydrogen-bond donors (Lipinski definition) is 0. The maximum atomic E-state index is 11.6. The average Bonchev–Trinajstić information content (AvgIpc) is 2.65. The number of amides is 2. The van der Waals surface area contributed by atoms with Crippen molar-refractivity contribution in [2.45, 2.75) is 19.4 Å². The normalized spacial score (nSPS) is 14.9. The molecule has 1 aliphatic rings. The van der Waals surface area contributed by atoms with Crippen molar-refractivity contribution in [2.75, 3.05) is 0 Å². The van der Waals surface area contributed by atoms with Gasteiger partial charge in [0.2, 0.25) is 0 Å². The topological polar surface area (TPSA) is 85.7 Å². The highest BCUT2D eigenvalue weighted by Gasteiger charge is 2.32. The Bertz CT molecular complexity index is 593. The zero-order valence-electron chi connectivity index (χ0n) is 9.67. The molecule has 1 aliphatic heterocycles. The predicted molar refractivity (Wildman–Crippen MR) is 65.6 cm³/mol. The van der Waals surface area contributed by atoms with Gasteiger partial charge in [-0.15, -0.1) is 5.06 Å². The number of carbonyl (C=O) groups excluding carboxylic acids is 3. The molecule has 0 unspecified atom stereocenters. The second-order valence-corrected chi connectivity index (χ2v) is 4.77. The van der Waals surface area contributed by atoms with E-state index in [1.165, 1.54) is 18.3 Å². The van der Waals surface area contributed by atoms with Gasteiger partial charge in [0.05, 0.1) is 0 Å². The first-order chi connectivity index (χ1) is 8.97. The summed E-state index contributed by atoms with van der Waals surface area (Å²) in [6.07, 6.45) is 1.48. The number of hydroxylamine groups is 2. The molecule has 0 bridgehead atoms. The van der Waals surface area contributed by atoms with Gasteiger partial charge >= 0.3 is 5.97 Å². The second kappa shape index (κ2) is 5.35. The third-order valence-electron chi connectivity index (χ3n) is 2.45. The summed E-state index contributed by atoms with van der Waals surface area (Å²) in [4.78, 5) is 50.2. The average molecular weight is 329 g/mol. The van der Waals surface area contributed by atoms with Crippen LogP contribution in [0.5, 0.6) is 0 Å². The van der Waals surface area contributed by atoms with Gasteiger partial charge in [-0.1, -0.05) is 0 Å². The fourth-order valence-corrected chi connectivity index (χ4v) is 1.93. The van der Waals surface area contributed by atoms with Crippen LogP contribution in [0.15, 0.2) is 27.6 Å². The van der Waals surface area contributed by atoms with Gasteiger partial charge in [0.15, 0.2) is 0 Å². The highest BCUT2D eigenvalue weighted by atomic mass is 79.9. The molecule has 1 fully saturated rings. The molecule has 2 rings (SSSR count). The number of carbonyl (C=O) groups is 3. The molecule has 0 atom stereocenters. The number of imide groups is 1. The summed E-state index contributed by atoms with van der Waals surface area (Å²) in [5, 5.41) is 0.450. The van der Waals surface area contributed by atoms with Gasteiger partial charge in [0.25, 0.3) is 17.4 Å². The van der Waals surface area contributed by atoms with Crippen LogP contribution in [0.3, 0.4) is 0 Å². The van der Waals surface area contributed by atoms with E-state index < -0.39 is 17.8 Å². The van der Waals surface area contributed by atoms with E-state index in [0.29, 0.717) is 9.54 Å². The predicted octanol–water partition coefficient (Wildman–Crippen LogP) is 0.218. The number of nitrogens with zero attached hydrogens (tertiary/aromatic N) is 2. The molecule has 1 saturated heterocycles. The molecule has 0 aliphatic carbocycles. The van der Waals surface area contributed by atoms with Gasteiger partial charge < -0.3 is 9.40 Å². The lowest BCUT2D eigenvalue weighted by Crippen LogP contribution is -2.34. The largest absolute Gasteiger partial charge is 0.352 e. The Morgan fingerprint density at radius 1 is 1.21 bits per heavy atom. The van der Waals surface area contributed by atoms with Crippen LogP contribution in [0.4, 0.5) is 0 Å². The Hall–Kier alpha value is -1.96. The zero-order chi connectivity index (χ0) is 14.0. The van der Waals surface area contributed by atoms with E-state index in [0.717, 1.165) is 4.57 Å². The molecule has 0 spiro atoms. The third-order valence-corrected chi connectivity index (χ3v) is 2.91. The van der Waals surface area contributed by atoms with Crippen LogP contribution in [0.25, 0.3) is 0 Å². The first-order valence-electron chi connectivity index (χ1n) is 5.40. The number of rotatable bonds is 3. The van der Waals surface area contributed by atoms with Crippen LogP contribution in [-0.2, 0) is 25.8 Å². The fraction of sp³-hybridized carbons (Fsp3) is 0.273. The Kier molecular flexibility index (Phi) is 3.79. The summed E-state index contributed by atoms with van der Waals surface area (Å²) in [5.74, 6) is -1.97. The van der Waals surface area contributed by atoms with E-state index >= 15 is 0 Å². The summed E-state index contributed by atoms with van der Waals surface area (Å²) >= 11 is 3.16. The third kappa shape index (κ3) is 3.08. The van der Waals surface area contributed by atoms with Crippen LogP contribution in [-0.4, -0.2) is 27.4 Å². The lowest BCUT2D eigenvalue weighted by molar-refractivity contribution is -0.198. The van der Waals surface area contributed by atoms with Gasteiger partial charge in [-0.05, 0) is 22.0 Å². The van der Waals surface area contributed by atoms with Crippen LogP contribution in [0.1, 0.15) is 12.8 Å². The molecule has 0 N–H and O–H groups in total. The number of halogens is 1. The molecule has 1 aromatic heterocycles. The molecule has 19 heavy (non-hydrogen) atoms. The Balaban J connectivity index is 2.05. The minimum atomic E-state index is -0.858. The molecule has 0 saturated carbocycles. The van der Waals surface area contributed by atoms with Gasteiger partial charge in [0, 0.05) is 29.6 Å². The zero-order valence-corrected chi connectivity index (χ0v) is 11.3. The fourth-order valence-electron chi connectivity index (χ4n) is 1.55. The van der Waals surface area contributed by atoms with Crippen LogP contribution < -0.4 is 5.56 Å². The maximum absolute atomic E-state index is 11.6. The monoisotopic (exact) mass is 328 g/mol. The highest BCUT2D eigenvalue weighted by molar-refractivity contribution is 9.10. The molecule has 2 amide bonds. The summed E-state index contributed by atoms with van der Waals surface area (Å²) < 4.78 is 1.73. The summed E-state index contributed by atoms with van der Waals surface area (Å²) in [6.45, 7) is -0.380. The molecule has 0 radical (unpaired) electrons. The van der Waals surface area contributed by atoms with Gasteiger partial charge in [-0.25, -0.2) is 4.79 Å². The van der Waals surface area contributed by atoms with Crippen molar-refractivity contribution in [1.82, 2.24) is 9.63 Å². The number of aromatic nitrogens is 1. The van der Waals surface area contributed by atoms with E-state index in [1.807, 2.05) is 0 Å². The molecule has 100 valence electrons.